The maximum atomic E-state index is 3.74. The number of rotatable bonds is 2. The number of allylic oxidation sites excluding steroid dienone is 4. The van der Waals surface area contributed by atoms with Gasteiger partial charge in [-0.05, 0) is 6.42 Å². The van der Waals surface area contributed by atoms with Crippen molar-refractivity contribution in [3.05, 3.63) is 71.8 Å². The van der Waals surface area contributed by atoms with Crippen LogP contribution in [0.25, 0.3) is 11.1 Å². The molecule has 0 aliphatic heterocycles. The number of halogens is 2. The van der Waals surface area contributed by atoms with E-state index in [1.54, 1.807) is 32.6 Å². The Hall–Kier alpha value is -0.313. The molecule has 1 fully saturated rings. The van der Waals surface area contributed by atoms with Crippen molar-refractivity contribution in [1.29, 1.82) is 0 Å². The van der Waals surface area contributed by atoms with Crippen LogP contribution in [0.4, 0.5) is 0 Å². The molecule has 5 rings (SSSR count). The fourth-order valence-electron chi connectivity index (χ4n) is 3.72. The molecule has 0 bridgehead atoms. The van der Waals surface area contributed by atoms with Crippen LogP contribution in [0.3, 0.4) is 0 Å². The van der Waals surface area contributed by atoms with E-state index >= 15 is 0 Å². The second kappa shape index (κ2) is 13.1. The van der Waals surface area contributed by atoms with Gasteiger partial charge in [0.2, 0.25) is 0 Å². The molecule has 0 saturated heterocycles. The molecule has 2 aromatic carbocycles. The van der Waals surface area contributed by atoms with Gasteiger partial charge in [0.25, 0.3) is 0 Å². The standard InChI is InChI=1S/C19H25Si2.C5H5.C4H6.2ClH.Zr/c1-20(2,3)16-7-9-18-14(12-16)11-15-13-17(21(4,5)6)8-10-19(15)18;1-2-4-5-3-1;1-2-4-3-1;;;/h7-10,12H,11H2,1-6H3;1-3H,4H2;1-3H2;2*1H;/q2*-1;;;;+2/p-2. The number of hydrogen-bond donors (Lipinski definition) is 0. The zero-order valence-corrected chi connectivity index (χ0v) is 26.9. The first-order valence-corrected chi connectivity index (χ1v) is 19.8. The van der Waals surface area contributed by atoms with Gasteiger partial charge < -0.3 is 24.8 Å². The average Bonchev–Trinajstić information content (AvgIpc) is 3.35. The molecule has 0 amide bonds. The van der Waals surface area contributed by atoms with Crippen LogP contribution in [0.1, 0.15) is 36.8 Å². The van der Waals surface area contributed by atoms with E-state index in [0.717, 1.165) is 12.8 Å². The van der Waals surface area contributed by atoms with E-state index in [9.17, 15) is 0 Å². The van der Waals surface area contributed by atoms with Gasteiger partial charge in [0.05, 0.1) is 16.1 Å². The van der Waals surface area contributed by atoms with E-state index in [4.69, 9.17) is 0 Å². The topological polar surface area (TPSA) is 0 Å². The average molecular weight is 591 g/mol. The number of benzene rings is 2. The molecule has 0 unspecified atom stereocenters. The monoisotopic (exact) mass is 588 g/mol. The van der Waals surface area contributed by atoms with Gasteiger partial charge in [0, 0.05) is 0 Å². The van der Waals surface area contributed by atoms with E-state index in [2.05, 4.69) is 87.8 Å². The van der Waals surface area contributed by atoms with Gasteiger partial charge in [-0.15, -0.1) is 12.0 Å². The zero-order chi connectivity index (χ0) is 22.6. The van der Waals surface area contributed by atoms with Crippen molar-refractivity contribution >= 4 is 29.7 Å². The molecule has 176 valence electrons. The Morgan fingerprint density at radius 2 is 1.48 bits per heavy atom. The molecule has 5 heteroatoms. The zero-order valence-electron chi connectivity index (χ0n) is 20.9. The van der Waals surface area contributed by atoms with Gasteiger partial charge in [-0.2, -0.15) is 35.0 Å². The predicted molar refractivity (Wildman–Crippen MR) is 140 cm³/mol. The van der Waals surface area contributed by atoms with Crippen molar-refractivity contribution < 1.29 is 49.0 Å². The molecular weight excluding hydrogens is 555 g/mol. The maximum absolute atomic E-state index is 3.74. The quantitative estimate of drug-likeness (QED) is 0.299. The SMILES string of the molecule is C[Si](C)(C)c1[c-]c2c(cc1)-c1ccc([Si](C)(C)C)cc1C2.[C-]1=CC=CC1.[Cl-].[Cl-].[Zr+2]=[C]1CCC1. The third-order valence-electron chi connectivity index (χ3n) is 6.01. The molecule has 0 aromatic heterocycles. The number of fused-ring (bicyclic) bond motifs is 3. The Morgan fingerprint density at radius 1 is 0.848 bits per heavy atom. The van der Waals surface area contributed by atoms with E-state index < -0.39 is 16.1 Å². The second-order valence-corrected chi connectivity index (χ2v) is 22.6. The Morgan fingerprint density at radius 3 is 1.91 bits per heavy atom. The molecule has 0 spiro atoms. The summed E-state index contributed by atoms with van der Waals surface area (Å²) in [5.41, 5.74) is 5.77. The first-order valence-electron chi connectivity index (χ1n) is 11.5. The van der Waals surface area contributed by atoms with Crippen LogP contribution in [0.2, 0.25) is 39.3 Å². The van der Waals surface area contributed by atoms with Gasteiger partial charge >= 0.3 is 46.7 Å². The molecule has 3 aliphatic carbocycles. The third kappa shape index (κ3) is 8.69. The van der Waals surface area contributed by atoms with Gasteiger partial charge in [-0.3, -0.25) is 6.08 Å². The third-order valence-corrected chi connectivity index (χ3v) is 11.2. The molecule has 2 aromatic rings. The first kappa shape index (κ1) is 30.7. The van der Waals surface area contributed by atoms with E-state index in [1.807, 2.05) is 12.2 Å². The molecule has 0 nitrogen and oxygen atoms in total. The van der Waals surface area contributed by atoms with Crippen LogP contribution in [0, 0.1) is 12.1 Å². The molecule has 0 heterocycles. The summed E-state index contributed by atoms with van der Waals surface area (Å²) in [7, 11) is -2.49. The number of hydrogen-bond acceptors (Lipinski definition) is 0. The van der Waals surface area contributed by atoms with E-state index in [-0.39, 0.29) is 24.8 Å². The van der Waals surface area contributed by atoms with Gasteiger partial charge in [-0.1, -0.05) is 73.8 Å². The van der Waals surface area contributed by atoms with Crippen molar-refractivity contribution in [3.63, 3.8) is 0 Å². The molecule has 1 saturated carbocycles. The summed E-state index contributed by atoms with van der Waals surface area (Å²) in [5, 5.41) is 3.03. The molecule has 0 radical (unpaired) electrons. The Labute approximate surface area is 231 Å². The van der Waals surface area contributed by atoms with Crippen LogP contribution >= 0.6 is 0 Å². The second-order valence-electron chi connectivity index (χ2n) is 10.8. The van der Waals surface area contributed by atoms with Crippen LogP contribution in [-0.2, 0) is 30.7 Å². The van der Waals surface area contributed by atoms with E-state index in [1.165, 1.54) is 46.7 Å². The minimum atomic E-state index is -1.27. The molecule has 0 atom stereocenters. The summed E-state index contributed by atoms with van der Waals surface area (Å²) in [4.78, 5) is 0. The Kier molecular flexibility index (Phi) is 12.2. The van der Waals surface area contributed by atoms with Gasteiger partial charge in [0.1, 0.15) is 0 Å². The van der Waals surface area contributed by atoms with Crippen molar-refractivity contribution in [2.75, 3.05) is 0 Å². The van der Waals surface area contributed by atoms with Crippen LogP contribution in [0.5, 0.6) is 0 Å². The summed E-state index contributed by atoms with van der Waals surface area (Å²) >= 11 is 1.67. The normalized spacial score (nSPS) is 15.0. The molecule has 3 aliphatic rings. The minimum absolute atomic E-state index is 0. The van der Waals surface area contributed by atoms with Crippen molar-refractivity contribution in [3.8, 4) is 11.1 Å². The summed E-state index contributed by atoms with van der Waals surface area (Å²) in [6.07, 6.45) is 15.4. The van der Waals surface area contributed by atoms with Gasteiger partial charge in [0.15, 0.2) is 0 Å². The van der Waals surface area contributed by atoms with Crippen molar-refractivity contribution in [1.82, 2.24) is 0 Å². The van der Waals surface area contributed by atoms with E-state index in [0.29, 0.717) is 0 Å². The fourth-order valence-corrected chi connectivity index (χ4v) is 6.89. The predicted octanol–water partition coefficient (Wildman–Crippen LogP) is 0.352. The fraction of sp³-hybridized carbons (Fsp3) is 0.393. The van der Waals surface area contributed by atoms with Crippen LogP contribution in [0.15, 0.2) is 48.6 Å². The summed E-state index contributed by atoms with van der Waals surface area (Å²) in [6.45, 7) is 14.5. The summed E-state index contributed by atoms with van der Waals surface area (Å²) < 4.78 is 1.78. The summed E-state index contributed by atoms with van der Waals surface area (Å²) in [6, 6.07) is 15.5. The van der Waals surface area contributed by atoms with Gasteiger partial charge in [-0.25, -0.2) is 12.2 Å². The molecule has 0 N–H and O–H groups in total. The Balaban J connectivity index is 0.000000375. The van der Waals surface area contributed by atoms with Crippen LogP contribution in [-0.4, -0.2) is 19.4 Å². The van der Waals surface area contributed by atoms with Crippen molar-refractivity contribution in [2.45, 2.75) is 71.4 Å². The molecular formula is C28H36Cl2Si2Zr-2. The Bertz CT molecular complexity index is 934. The summed E-state index contributed by atoms with van der Waals surface area (Å²) in [5.74, 6) is 0. The van der Waals surface area contributed by atoms with Crippen molar-refractivity contribution in [2.24, 2.45) is 0 Å². The molecule has 33 heavy (non-hydrogen) atoms. The van der Waals surface area contributed by atoms with Crippen LogP contribution < -0.4 is 35.2 Å². The first-order chi connectivity index (χ1) is 14.6.